The zero-order valence-corrected chi connectivity index (χ0v) is 19.8. The first-order chi connectivity index (χ1) is 16.4. The third-order valence-electron chi connectivity index (χ3n) is 5.74. The number of hydrogen-bond acceptors (Lipinski definition) is 6. The van der Waals surface area contributed by atoms with Crippen molar-refractivity contribution in [2.24, 2.45) is 5.73 Å². The lowest BCUT2D eigenvalue weighted by Gasteiger charge is -2.22. The van der Waals surface area contributed by atoms with E-state index in [1.165, 1.54) is 46.6 Å². The number of aromatic nitrogens is 3. The maximum absolute atomic E-state index is 12.6. The van der Waals surface area contributed by atoms with Gasteiger partial charge in [0.25, 0.3) is 5.91 Å². The Morgan fingerprint density at radius 3 is 2.56 bits per heavy atom. The van der Waals surface area contributed by atoms with E-state index < -0.39 is 5.91 Å². The van der Waals surface area contributed by atoms with E-state index in [9.17, 15) is 14.0 Å². The lowest BCUT2D eigenvalue weighted by Crippen LogP contribution is -2.26. The minimum absolute atomic E-state index is 0.0258. The van der Waals surface area contributed by atoms with Crippen molar-refractivity contribution in [3.8, 4) is 0 Å². The topological polar surface area (TPSA) is 97.4 Å². The molecule has 2 N–H and O–H groups in total. The van der Waals surface area contributed by atoms with E-state index in [-0.39, 0.29) is 17.5 Å². The van der Waals surface area contributed by atoms with Crippen LogP contribution in [0.1, 0.15) is 35.4 Å². The molecule has 3 heterocycles. The van der Waals surface area contributed by atoms with Crippen LogP contribution in [0.15, 0.2) is 53.7 Å². The molecule has 2 amide bonds. The molecule has 2 aromatic carbocycles. The molecule has 0 atom stereocenters. The summed E-state index contributed by atoms with van der Waals surface area (Å²) < 4.78 is 14.1. The molecule has 10 heteroatoms. The van der Waals surface area contributed by atoms with E-state index in [1.54, 1.807) is 23.9 Å². The second-order valence-electron chi connectivity index (χ2n) is 8.15. The molecule has 0 bridgehead atoms. The third kappa shape index (κ3) is 5.74. The fourth-order valence-corrected chi connectivity index (χ4v) is 4.88. The van der Waals surface area contributed by atoms with Gasteiger partial charge >= 0.3 is 0 Å². The molecule has 2 aliphatic rings. The zero-order chi connectivity index (χ0) is 24.1. The fourth-order valence-electron chi connectivity index (χ4n) is 3.87. The quantitative estimate of drug-likeness (QED) is 0.613. The molecule has 1 fully saturated rings. The number of carbonyl (C=O) groups excluding carboxylic acids is 2. The summed E-state index contributed by atoms with van der Waals surface area (Å²) in [4.78, 5) is 31.8. The van der Waals surface area contributed by atoms with E-state index in [1.807, 2.05) is 11.9 Å². The van der Waals surface area contributed by atoms with Crippen LogP contribution in [0, 0.1) is 5.82 Å². The van der Waals surface area contributed by atoms with Gasteiger partial charge in [0.1, 0.15) is 12.1 Å². The second-order valence-corrected chi connectivity index (χ2v) is 9.29. The summed E-state index contributed by atoms with van der Waals surface area (Å²) in [6, 6.07) is 12.5. The van der Waals surface area contributed by atoms with Gasteiger partial charge in [0.2, 0.25) is 11.7 Å². The van der Waals surface area contributed by atoms with Crippen LogP contribution >= 0.6 is 11.8 Å². The molecule has 34 heavy (non-hydrogen) atoms. The summed E-state index contributed by atoms with van der Waals surface area (Å²) >= 11 is 1.79. The monoisotopic (exact) mass is 482 g/mol. The van der Waals surface area contributed by atoms with Gasteiger partial charge in [-0.25, -0.2) is 14.1 Å². The standard InChI is InChI=1S/C14H18N2OS.C10H9FN4O/c1-15-12-10-11(16-7-2-3-8-16)4-5-13(12)18-9-6-14(15)17;11-8-3-1-7(2-4-8)5-15-6-13-10(14-15)9(12)16/h4-5,10H,2-3,6-9H2,1H3;1-4,6H,5H2,(H2,12,16). The molecule has 3 aromatic rings. The first-order valence-corrected chi connectivity index (χ1v) is 12.1. The average Bonchev–Trinajstić information content (AvgIpc) is 3.51. The number of carbonyl (C=O) groups is 2. The summed E-state index contributed by atoms with van der Waals surface area (Å²) in [6.45, 7) is 2.70. The van der Waals surface area contributed by atoms with E-state index >= 15 is 0 Å². The van der Waals surface area contributed by atoms with Gasteiger partial charge < -0.3 is 15.5 Å². The van der Waals surface area contributed by atoms with Crippen molar-refractivity contribution in [2.75, 3.05) is 35.7 Å². The molecule has 1 saturated heterocycles. The molecule has 0 radical (unpaired) electrons. The molecule has 2 aliphatic heterocycles. The van der Waals surface area contributed by atoms with Crippen LogP contribution in [0.4, 0.5) is 15.8 Å². The highest BCUT2D eigenvalue weighted by Crippen LogP contribution is 2.37. The highest BCUT2D eigenvalue weighted by atomic mass is 32.2. The summed E-state index contributed by atoms with van der Waals surface area (Å²) in [5, 5.41) is 3.86. The van der Waals surface area contributed by atoms with Crippen LogP contribution < -0.4 is 15.5 Å². The van der Waals surface area contributed by atoms with Crippen molar-refractivity contribution in [1.82, 2.24) is 14.8 Å². The van der Waals surface area contributed by atoms with E-state index in [2.05, 4.69) is 33.2 Å². The minimum Gasteiger partial charge on any atom is -0.371 e. The van der Waals surface area contributed by atoms with Gasteiger partial charge in [0, 0.05) is 42.9 Å². The number of fused-ring (bicyclic) bond motifs is 1. The van der Waals surface area contributed by atoms with Crippen molar-refractivity contribution in [2.45, 2.75) is 30.7 Å². The maximum Gasteiger partial charge on any atom is 0.288 e. The highest BCUT2D eigenvalue weighted by molar-refractivity contribution is 7.99. The summed E-state index contributed by atoms with van der Waals surface area (Å²) in [6.07, 6.45) is 4.60. The number of hydrogen-bond donors (Lipinski definition) is 1. The smallest absolute Gasteiger partial charge is 0.288 e. The highest BCUT2D eigenvalue weighted by Gasteiger charge is 2.21. The van der Waals surface area contributed by atoms with Crippen LogP contribution in [0.25, 0.3) is 0 Å². The Bertz CT molecular complexity index is 1160. The second kappa shape index (κ2) is 10.7. The number of nitrogens with zero attached hydrogens (tertiary/aromatic N) is 5. The molecule has 0 spiro atoms. The molecule has 178 valence electrons. The number of halogens is 1. The Balaban J connectivity index is 0.000000162. The number of amides is 2. The molecular formula is C24H27FN6O2S. The Kier molecular flexibility index (Phi) is 7.46. The molecule has 1 aromatic heterocycles. The van der Waals surface area contributed by atoms with E-state index in [0.29, 0.717) is 13.0 Å². The van der Waals surface area contributed by atoms with Gasteiger partial charge in [0.05, 0.1) is 12.2 Å². The number of anilines is 2. The molecule has 0 saturated carbocycles. The molecule has 5 rings (SSSR count). The summed E-state index contributed by atoms with van der Waals surface area (Å²) in [5.41, 5.74) is 8.21. The van der Waals surface area contributed by atoms with Gasteiger partial charge in [-0.05, 0) is 48.7 Å². The maximum atomic E-state index is 12.6. The number of thioether (sulfide) groups is 1. The number of rotatable bonds is 4. The fraction of sp³-hybridized carbons (Fsp3) is 0.333. The van der Waals surface area contributed by atoms with Gasteiger partial charge in [-0.3, -0.25) is 9.59 Å². The van der Waals surface area contributed by atoms with Crippen LogP contribution in [0.3, 0.4) is 0 Å². The van der Waals surface area contributed by atoms with E-state index in [4.69, 9.17) is 5.73 Å². The molecular weight excluding hydrogens is 455 g/mol. The lowest BCUT2D eigenvalue weighted by molar-refractivity contribution is -0.117. The Labute approximate surface area is 201 Å². The van der Waals surface area contributed by atoms with Crippen molar-refractivity contribution >= 4 is 35.0 Å². The third-order valence-corrected chi connectivity index (χ3v) is 6.80. The number of benzene rings is 2. The Morgan fingerprint density at radius 2 is 1.88 bits per heavy atom. The summed E-state index contributed by atoms with van der Waals surface area (Å²) in [7, 11) is 1.89. The minimum atomic E-state index is -0.669. The van der Waals surface area contributed by atoms with Crippen molar-refractivity contribution in [3.63, 3.8) is 0 Å². The van der Waals surface area contributed by atoms with Crippen molar-refractivity contribution < 1.29 is 14.0 Å². The van der Waals surface area contributed by atoms with Gasteiger partial charge in [-0.15, -0.1) is 16.9 Å². The normalized spacial score (nSPS) is 15.4. The average molecular weight is 483 g/mol. The SMILES string of the molecule is CN1C(=O)CCSc2ccc(N3CCCC3)cc21.NC(=O)c1ncn(Cc2ccc(F)cc2)n1. The zero-order valence-electron chi connectivity index (χ0n) is 19.0. The molecule has 8 nitrogen and oxygen atoms in total. The lowest BCUT2D eigenvalue weighted by atomic mass is 10.2. The van der Waals surface area contributed by atoms with Gasteiger partial charge in [0.15, 0.2) is 0 Å². The van der Waals surface area contributed by atoms with Crippen molar-refractivity contribution in [3.05, 3.63) is 66.0 Å². The van der Waals surface area contributed by atoms with E-state index in [0.717, 1.165) is 30.1 Å². The van der Waals surface area contributed by atoms with Crippen LogP contribution in [-0.2, 0) is 11.3 Å². The Morgan fingerprint density at radius 1 is 1.15 bits per heavy atom. The van der Waals surface area contributed by atoms with Crippen LogP contribution in [0.2, 0.25) is 0 Å². The van der Waals surface area contributed by atoms with Gasteiger partial charge in [-0.1, -0.05) is 12.1 Å². The van der Waals surface area contributed by atoms with Gasteiger partial charge in [-0.2, -0.15) is 0 Å². The molecule has 0 aliphatic carbocycles. The van der Waals surface area contributed by atoms with Crippen molar-refractivity contribution in [1.29, 1.82) is 0 Å². The largest absolute Gasteiger partial charge is 0.371 e. The molecule has 0 unspecified atom stereocenters. The Hall–Kier alpha value is -3.40. The number of nitrogens with two attached hydrogens (primary N) is 1. The predicted octanol–water partition coefficient (Wildman–Crippen LogP) is 3.31. The van der Waals surface area contributed by atoms with Crippen LogP contribution in [0.5, 0.6) is 0 Å². The first-order valence-electron chi connectivity index (χ1n) is 11.1. The first kappa shape index (κ1) is 23.7. The predicted molar refractivity (Wildman–Crippen MR) is 131 cm³/mol. The van der Waals surface area contributed by atoms with Crippen LogP contribution in [-0.4, -0.2) is 52.5 Å². The number of primary amides is 1. The summed E-state index contributed by atoms with van der Waals surface area (Å²) in [5.74, 6) is 0.124.